The maximum Gasteiger partial charge on any atom is 0.259 e. The largest absolute Gasteiger partial charge is 0.347 e. The number of pyridine rings is 1. The summed E-state index contributed by atoms with van der Waals surface area (Å²) in [4.78, 5) is 23.5. The van der Waals surface area contributed by atoms with Crippen LogP contribution < -0.4 is 16.0 Å². The molecule has 0 fully saturated rings. The average Bonchev–Trinajstić information content (AvgIpc) is 3.28. The monoisotopic (exact) mass is 441 g/mol. The van der Waals surface area contributed by atoms with Crippen LogP contribution in [0.1, 0.15) is 22.7 Å². The fourth-order valence-electron chi connectivity index (χ4n) is 4.26. The van der Waals surface area contributed by atoms with Crippen molar-refractivity contribution < 1.29 is 4.79 Å². The Hall–Kier alpha value is -2.48. The van der Waals surface area contributed by atoms with Crippen LogP contribution in [0.15, 0.2) is 53.8 Å². The van der Waals surface area contributed by atoms with Crippen molar-refractivity contribution in [3.05, 3.63) is 70.5 Å². The molecule has 0 spiro atoms. The Labute approximate surface area is 185 Å². The summed E-state index contributed by atoms with van der Waals surface area (Å²) in [5.74, 6) is 0.799. The fourth-order valence-corrected chi connectivity index (χ4v) is 5.16. The van der Waals surface area contributed by atoms with E-state index in [2.05, 4.69) is 39.2 Å². The van der Waals surface area contributed by atoms with Crippen LogP contribution in [-0.2, 0) is 11.2 Å². The summed E-state index contributed by atoms with van der Waals surface area (Å²) in [7, 11) is 0. The minimum absolute atomic E-state index is 0. The fraction of sp³-hybridized carbons (Fsp3) is 0.273. The van der Waals surface area contributed by atoms with Gasteiger partial charge >= 0.3 is 0 Å². The highest BCUT2D eigenvalue weighted by Gasteiger charge is 2.31. The van der Waals surface area contributed by atoms with Crippen LogP contribution in [0.5, 0.6) is 0 Å². The van der Waals surface area contributed by atoms with E-state index in [0.29, 0.717) is 0 Å². The highest BCUT2D eigenvalue weighted by Crippen LogP contribution is 2.33. The van der Waals surface area contributed by atoms with Crippen molar-refractivity contribution in [1.82, 2.24) is 15.3 Å². The predicted octanol–water partition coefficient (Wildman–Crippen LogP) is 3.43. The maximum absolute atomic E-state index is 13.0. The van der Waals surface area contributed by atoms with E-state index in [0.717, 1.165) is 51.5 Å². The third kappa shape index (κ3) is 3.57. The van der Waals surface area contributed by atoms with E-state index >= 15 is 0 Å². The van der Waals surface area contributed by atoms with Crippen molar-refractivity contribution in [3.8, 4) is 0 Å². The first kappa shape index (κ1) is 20.8. The lowest BCUT2D eigenvalue weighted by molar-refractivity contribution is -0.117. The van der Waals surface area contributed by atoms with E-state index < -0.39 is 0 Å². The van der Waals surface area contributed by atoms with E-state index in [9.17, 15) is 4.79 Å². The summed E-state index contributed by atoms with van der Waals surface area (Å²) in [6.07, 6.45) is 6.50. The highest BCUT2D eigenvalue weighted by molar-refractivity contribution is 8.04. The molecule has 1 aliphatic heterocycles. The zero-order chi connectivity index (χ0) is 20.0. The molecule has 1 aromatic carbocycles. The molecule has 2 aromatic heterocycles. The van der Waals surface area contributed by atoms with Crippen molar-refractivity contribution in [1.29, 1.82) is 0 Å². The van der Waals surface area contributed by atoms with Crippen molar-refractivity contribution in [3.63, 3.8) is 0 Å². The number of carbonyl (C=O) groups is 1. The zero-order valence-electron chi connectivity index (χ0n) is 16.6. The highest BCUT2D eigenvalue weighted by atomic mass is 35.5. The molecule has 156 valence electrons. The summed E-state index contributed by atoms with van der Waals surface area (Å²) in [5, 5.41) is 4.26. The second-order valence-electron chi connectivity index (χ2n) is 7.57. The second kappa shape index (κ2) is 8.34. The number of rotatable bonds is 3. The third-order valence-electron chi connectivity index (χ3n) is 5.75. The molecule has 4 N–H and O–H groups in total. The van der Waals surface area contributed by atoms with E-state index in [1.165, 1.54) is 5.56 Å². The molecule has 30 heavy (non-hydrogen) atoms. The van der Waals surface area contributed by atoms with Gasteiger partial charge < -0.3 is 20.9 Å². The molecular formula is C22H24ClN5OS. The van der Waals surface area contributed by atoms with Crippen LogP contribution in [0.2, 0.25) is 0 Å². The molecule has 0 radical (unpaired) electrons. The van der Waals surface area contributed by atoms with Gasteiger partial charge in [-0.05, 0) is 36.1 Å². The van der Waals surface area contributed by atoms with Gasteiger partial charge in [0.1, 0.15) is 5.65 Å². The third-order valence-corrected chi connectivity index (χ3v) is 6.74. The summed E-state index contributed by atoms with van der Waals surface area (Å²) in [5.41, 5.74) is 11.8. The smallest absolute Gasteiger partial charge is 0.259 e. The van der Waals surface area contributed by atoms with Crippen LogP contribution >= 0.6 is 24.2 Å². The summed E-state index contributed by atoms with van der Waals surface area (Å²) < 4.78 is 0. The molecule has 5 rings (SSSR count). The summed E-state index contributed by atoms with van der Waals surface area (Å²) >= 11 is 1.59. The number of aromatic nitrogens is 2. The zero-order valence-corrected chi connectivity index (χ0v) is 18.2. The average molecular weight is 442 g/mol. The number of fused-ring (bicyclic) bond motifs is 2. The van der Waals surface area contributed by atoms with E-state index in [1.807, 2.05) is 30.6 Å². The second-order valence-corrected chi connectivity index (χ2v) is 8.71. The Balaban J connectivity index is 0.00000218. The molecule has 0 saturated carbocycles. The molecular weight excluding hydrogens is 418 g/mol. The Morgan fingerprint density at radius 3 is 3.00 bits per heavy atom. The minimum Gasteiger partial charge on any atom is -0.347 e. The van der Waals surface area contributed by atoms with Gasteiger partial charge in [0.05, 0.1) is 22.7 Å². The number of H-pyrrole nitrogens is 1. The van der Waals surface area contributed by atoms with Crippen LogP contribution in [0, 0.1) is 6.92 Å². The first-order valence-electron chi connectivity index (χ1n) is 9.80. The molecule has 8 heteroatoms. The van der Waals surface area contributed by atoms with Gasteiger partial charge in [-0.25, -0.2) is 4.98 Å². The molecule has 2 aliphatic rings. The number of thioether (sulfide) groups is 1. The number of hydrogen-bond donors (Lipinski definition) is 3. The van der Waals surface area contributed by atoms with Gasteiger partial charge in [0.2, 0.25) is 0 Å². The number of hydrogen-bond acceptors (Lipinski definition) is 5. The lowest BCUT2D eigenvalue weighted by Crippen LogP contribution is -2.42. The predicted molar refractivity (Wildman–Crippen MR) is 125 cm³/mol. The molecule has 0 saturated heterocycles. The van der Waals surface area contributed by atoms with Crippen LogP contribution in [0.3, 0.4) is 0 Å². The summed E-state index contributed by atoms with van der Waals surface area (Å²) in [6, 6.07) is 9.93. The minimum atomic E-state index is -0.164. The van der Waals surface area contributed by atoms with Gasteiger partial charge in [-0.3, -0.25) is 4.79 Å². The normalized spacial score (nSPS) is 20.5. The molecule has 0 bridgehead atoms. The SMILES string of the molecule is Cc1c[nH]c2nccc(N3C=C(C(=O)N[C@@H]4Cc5ccccc5[C@H]4N)SCC3)c12.Cl. The van der Waals surface area contributed by atoms with Gasteiger partial charge in [-0.15, -0.1) is 24.2 Å². The first-order valence-corrected chi connectivity index (χ1v) is 10.8. The van der Waals surface area contributed by atoms with Gasteiger partial charge in [0.15, 0.2) is 0 Å². The maximum atomic E-state index is 13.0. The number of nitrogens with two attached hydrogens (primary N) is 1. The van der Waals surface area contributed by atoms with Crippen LogP contribution in [0.25, 0.3) is 11.0 Å². The number of nitrogens with zero attached hydrogens (tertiary/aromatic N) is 2. The van der Waals surface area contributed by atoms with E-state index in [-0.39, 0.29) is 30.4 Å². The number of aromatic amines is 1. The van der Waals surface area contributed by atoms with Crippen molar-refractivity contribution in [2.24, 2.45) is 5.73 Å². The number of anilines is 1. The molecule has 1 aliphatic carbocycles. The lowest BCUT2D eigenvalue weighted by Gasteiger charge is -2.27. The number of carbonyl (C=O) groups excluding carboxylic acids is 1. The standard InChI is InChI=1S/C22H23N5OS.ClH/c1-13-11-25-21-19(13)17(6-7-24-21)27-8-9-29-18(12-27)22(28)26-16-10-14-4-2-3-5-15(14)20(16)23;/h2-7,11-12,16,20H,8-10,23H2,1H3,(H,24,25)(H,26,28);1H/t16-,20-;/m1./s1. The van der Waals surface area contributed by atoms with Crippen molar-refractivity contribution >= 4 is 46.8 Å². The van der Waals surface area contributed by atoms with E-state index in [1.54, 1.807) is 18.0 Å². The summed E-state index contributed by atoms with van der Waals surface area (Å²) in [6.45, 7) is 2.92. The van der Waals surface area contributed by atoms with E-state index in [4.69, 9.17) is 5.73 Å². The van der Waals surface area contributed by atoms with Crippen molar-refractivity contribution in [2.75, 3.05) is 17.2 Å². The molecule has 3 aromatic rings. The Kier molecular flexibility index (Phi) is 5.77. The molecule has 1 amide bonds. The Bertz CT molecular complexity index is 1130. The number of halogens is 1. The first-order chi connectivity index (χ1) is 14.1. The quantitative estimate of drug-likeness (QED) is 0.579. The molecule has 3 heterocycles. The topological polar surface area (TPSA) is 87.0 Å². The Morgan fingerprint density at radius 1 is 1.33 bits per heavy atom. The number of benzene rings is 1. The van der Waals surface area contributed by atoms with Gasteiger partial charge in [-0.2, -0.15) is 0 Å². The lowest BCUT2D eigenvalue weighted by atomic mass is 10.1. The van der Waals surface area contributed by atoms with Crippen LogP contribution in [-0.4, -0.2) is 34.2 Å². The number of aryl methyl sites for hydroxylation is 1. The van der Waals surface area contributed by atoms with Gasteiger partial charge in [-0.1, -0.05) is 24.3 Å². The molecule has 0 unspecified atom stereocenters. The van der Waals surface area contributed by atoms with Crippen LogP contribution in [0.4, 0.5) is 5.69 Å². The van der Waals surface area contributed by atoms with Crippen molar-refractivity contribution in [2.45, 2.75) is 25.4 Å². The Morgan fingerprint density at radius 2 is 2.17 bits per heavy atom. The molecule has 2 atom stereocenters. The van der Waals surface area contributed by atoms with Gasteiger partial charge in [0.25, 0.3) is 5.91 Å². The number of nitrogens with one attached hydrogen (secondary N) is 2. The molecule has 6 nitrogen and oxygen atoms in total. The number of amides is 1. The van der Waals surface area contributed by atoms with Gasteiger partial charge in [0, 0.05) is 36.3 Å².